The second-order valence-electron chi connectivity index (χ2n) is 4.95. The molecule has 0 aromatic carbocycles. The molecule has 0 aliphatic heterocycles. The van der Waals surface area contributed by atoms with Gasteiger partial charge >= 0.3 is 5.97 Å². The second-order valence-corrected chi connectivity index (χ2v) is 4.95. The van der Waals surface area contributed by atoms with E-state index in [1.165, 1.54) is 10.9 Å². The maximum atomic E-state index is 11.2. The fraction of sp³-hybridized carbons (Fsp3) is 0.455. The summed E-state index contributed by atoms with van der Waals surface area (Å²) in [6, 6.07) is 0. The summed E-state index contributed by atoms with van der Waals surface area (Å²) in [6.07, 6.45) is 3.09. The zero-order chi connectivity index (χ0) is 14.2. The van der Waals surface area contributed by atoms with Crippen LogP contribution in [0.15, 0.2) is 12.5 Å². The summed E-state index contributed by atoms with van der Waals surface area (Å²) in [4.78, 5) is 15.2. The van der Waals surface area contributed by atoms with Crippen LogP contribution in [0.2, 0.25) is 0 Å². The van der Waals surface area contributed by atoms with Crippen molar-refractivity contribution in [3.05, 3.63) is 18.2 Å². The number of aliphatic hydroxyl groups is 1. The van der Waals surface area contributed by atoms with Crippen molar-refractivity contribution in [1.29, 1.82) is 0 Å². The quantitative estimate of drug-likeness (QED) is 0.815. The van der Waals surface area contributed by atoms with Crippen molar-refractivity contribution in [2.24, 2.45) is 7.05 Å². The lowest BCUT2D eigenvalue weighted by atomic mass is 10.1. The van der Waals surface area contributed by atoms with Gasteiger partial charge < -0.3 is 14.8 Å². The number of nitrogens with zero attached hydrogens (tertiary/aromatic N) is 5. The van der Waals surface area contributed by atoms with Gasteiger partial charge in [0.2, 0.25) is 0 Å². The highest BCUT2D eigenvalue weighted by atomic mass is 16.4. The van der Waals surface area contributed by atoms with E-state index in [9.17, 15) is 9.90 Å². The summed E-state index contributed by atoms with van der Waals surface area (Å²) in [5, 5.41) is 26.5. The predicted molar refractivity (Wildman–Crippen MR) is 65.5 cm³/mol. The van der Waals surface area contributed by atoms with Gasteiger partial charge in [0.25, 0.3) is 0 Å². The molecule has 0 saturated carbocycles. The van der Waals surface area contributed by atoms with Crippen molar-refractivity contribution < 1.29 is 15.0 Å². The van der Waals surface area contributed by atoms with Gasteiger partial charge in [-0.15, -0.1) is 5.10 Å². The van der Waals surface area contributed by atoms with Crippen molar-refractivity contribution in [3.8, 4) is 11.4 Å². The molecule has 8 heteroatoms. The number of hydrogen-bond donors (Lipinski definition) is 2. The lowest BCUT2D eigenvalue weighted by Gasteiger charge is -2.18. The Morgan fingerprint density at radius 3 is 2.63 bits per heavy atom. The number of aromatic nitrogens is 5. The van der Waals surface area contributed by atoms with Gasteiger partial charge in [-0.2, -0.15) is 0 Å². The molecule has 2 heterocycles. The average molecular weight is 265 g/mol. The summed E-state index contributed by atoms with van der Waals surface area (Å²) in [5.74, 6) is -1.17. The number of rotatable bonds is 4. The fourth-order valence-electron chi connectivity index (χ4n) is 1.77. The number of carbonyl (C=O) groups is 1. The first-order valence-corrected chi connectivity index (χ1v) is 5.65. The van der Waals surface area contributed by atoms with E-state index < -0.39 is 11.6 Å². The average Bonchev–Trinajstić information content (AvgIpc) is 2.82. The number of aryl methyl sites for hydroxylation is 1. The molecule has 2 N–H and O–H groups in total. The Balaban J connectivity index is 2.58. The third-order valence-corrected chi connectivity index (χ3v) is 2.53. The molecule has 8 nitrogen and oxygen atoms in total. The van der Waals surface area contributed by atoms with Crippen molar-refractivity contribution in [2.45, 2.75) is 26.0 Å². The van der Waals surface area contributed by atoms with Gasteiger partial charge in [-0.25, -0.2) is 14.5 Å². The summed E-state index contributed by atoms with van der Waals surface area (Å²) < 4.78 is 3.05. The van der Waals surface area contributed by atoms with Crippen LogP contribution in [0.5, 0.6) is 0 Å². The molecule has 2 aromatic rings. The SMILES string of the molecule is Cn1cncc1-c1c(C(=O)O)nnn1CC(C)(C)O. The molecule has 0 unspecified atom stereocenters. The normalized spacial score (nSPS) is 11.8. The first-order chi connectivity index (χ1) is 8.79. The maximum Gasteiger partial charge on any atom is 0.358 e. The minimum absolute atomic E-state index is 0.133. The highest BCUT2D eigenvalue weighted by Gasteiger charge is 2.25. The Morgan fingerprint density at radius 2 is 2.16 bits per heavy atom. The van der Waals surface area contributed by atoms with E-state index >= 15 is 0 Å². The molecule has 0 amide bonds. The lowest BCUT2D eigenvalue weighted by molar-refractivity contribution is 0.0574. The van der Waals surface area contributed by atoms with Crippen LogP contribution in [0, 0.1) is 0 Å². The lowest BCUT2D eigenvalue weighted by Crippen LogP contribution is -2.27. The first kappa shape index (κ1) is 13.2. The minimum Gasteiger partial charge on any atom is -0.476 e. The van der Waals surface area contributed by atoms with Crippen LogP contribution in [0.25, 0.3) is 11.4 Å². The molecule has 0 radical (unpaired) electrons. The summed E-state index contributed by atoms with van der Waals surface area (Å²) >= 11 is 0. The molecule has 0 spiro atoms. The number of hydrogen-bond acceptors (Lipinski definition) is 5. The molecule has 0 bridgehead atoms. The molecular formula is C11H15N5O3. The van der Waals surface area contributed by atoms with Crippen molar-refractivity contribution in [1.82, 2.24) is 24.5 Å². The van der Waals surface area contributed by atoms with Gasteiger partial charge in [0.1, 0.15) is 5.69 Å². The summed E-state index contributed by atoms with van der Waals surface area (Å²) in [5.41, 5.74) is -0.286. The van der Waals surface area contributed by atoms with Crippen molar-refractivity contribution in [3.63, 3.8) is 0 Å². The first-order valence-electron chi connectivity index (χ1n) is 5.65. The number of aromatic carboxylic acids is 1. The van der Waals surface area contributed by atoms with Crippen LogP contribution in [-0.4, -0.2) is 46.3 Å². The molecule has 102 valence electrons. The van der Waals surface area contributed by atoms with Crippen LogP contribution in [0.1, 0.15) is 24.3 Å². The van der Waals surface area contributed by atoms with Gasteiger partial charge in [-0.1, -0.05) is 5.21 Å². The highest BCUT2D eigenvalue weighted by Crippen LogP contribution is 2.23. The van der Waals surface area contributed by atoms with Gasteiger partial charge in [0.05, 0.1) is 30.4 Å². The Bertz CT molecular complexity index is 608. The number of imidazole rings is 1. The van der Waals surface area contributed by atoms with Gasteiger partial charge in [0, 0.05) is 7.05 Å². The number of carboxylic acid groups (broad SMARTS) is 1. The minimum atomic E-state index is -1.17. The van der Waals surface area contributed by atoms with E-state index in [4.69, 9.17) is 5.11 Å². The van der Waals surface area contributed by atoms with Gasteiger partial charge in [-0.3, -0.25) is 0 Å². The molecule has 0 fully saturated rings. The highest BCUT2D eigenvalue weighted by molar-refractivity contribution is 5.92. The topological polar surface area (TPSA) is 106 Å². The van der Waals surface area contributed by atoms with Crippen molar-refractivity contribution >= 4 is 5.97 Å². The standard InChI is InChI=1S/C11H15N5O3/c1-11(2,19)5-16-9(7-4-12-6-15(7)3)8(10(17)18)13-14-16/h4,6,19H,5H2,1-3H3,(H,17,18). The van der Waals surface area contributed by atoms with E-state index in [-0.39, 0.29) is 12.2 Å². The monoisotopic (exact) mass is 265 g/mol. The molecular weight excluding hydrogens is 250 g/mol. The molecule has 0 saturated heterocycles. The van der Waals surface area contributed by atoms with E-state index in [1.54, 1.807) is 31.8 Å². The zero-order valence-electron chi connectivity index (χ0n) is 10.9. The molecule has 19 heavy (non-hydrogen) atoms. The van der Waals surface area contributed by atoms with Crippen LogP contribution in [-0.2, 0) is 13.6 Å². The Kier molecular flexibility index (Phi) is 3.11. The second kappa shape index (κ2) is 4.47. The van der Waals surface area contributed by atoms with Crippen LogP contribution in [0.3, 0.4) is 0 Å². The number of carboxylic acids is 1. The van der Waals surface area contributed by atoms with Gasteiger partial charge in [-0.05, 0) is 13.8 Å². The molecule has 0 atom stereocenters. The molecule has 0 aliphatic carbocycles. The largest absolute Gasteiger partial charge is 0.476 e. The summed E-state index contributed by atoms with van der Waals surface area (Å²) in [7, 11) is 1.75. The van der Waals surface area contributed by atoms with Crippen LogP contribution < -0.4 is 0 Å². The van der Waals surface area contributed by atoms with Crippen LogP contribution >= 0.6 is 0 Å². The maximum absolute atomic E-state index is 11.2. The molecule has 2 rings (SSSR count). The van der Waals surface area contributed by atoms with E-state index in [0.717, 1.165) is 0 Å². The Morgan fingerprint density at radius 1 is 1.47 bits per heavy atom. The fourth-order valence-corrected chi connectivity index (χ4v) is 1.77. The Hall–Kier alpha value is -2.22. The van der Waals surface area contributed by atoms with Crippen molar-refractivity contribution in [2.75, 3.05) is 0 Å². The van der Waals surface area contributed by atoms with E-state index in [2.05, 4.69) is 15.3 Å². The Labute approximate surface area is 109 Å². The third kappa shape index (κ3) is 2.63. The van der Waals surface area contributed by atoms with E-state index in [1.807, 2.05) is 0 Å². The summed E-state index contributed by atoms with van der Waals surface area (Å²) in [6.45, 7) is 3.36. The van der Waals surface area contributed by atoms with Gasteiger partial charge in [0.15, 0.2) is 5.69 Å². The molecule has 2 aromatic heterocycles. The predicted octanol–water partition coefficient (Wildman–Crippen LogP) is 0.148. The molecule has 0 aliphatic rings. The smallest absolute Gasteiger partial charge is 0.358 e. The zero-order valence-corrected chi connectivity index (χ0v) is 10.9. The third-order valence-electron chi connectivity index (χ3n) is 2.53. The van der Waals surface area contributed by atoms with Crippen LogP contribution in [0.4, 0.5) is 0 Å². The van der Waals surface area contributed by atoms with E-state index in [0.29, 0.717) is 11.4 Å².